The molecule has 17 heavy (non-hydrogen) atoms. The fraction of sp³-hybridized carbons (Fsp3) is 0.818. The molecular formula is C11H17NO5. The van der Waals surface area contributed by atoms with E-state index in [1.807, 2.05) is 0 Å². The minimum Gasteiger partial charge on any atom is -0.480 e. The Bertz CT molecular complexity index is 305. The number of hydrogen-bond donors (Lipinski definition) is 2. The van der Waals surface area contributed by atoms with Crippen LogP contribution in [0.1, 0.15) is 25.7 Å². The molecule has 0 radical (unpaired) electrons. The van der Waals surface area contributed by atoms with Gasteiger partial charge in [0.2, 0.25) is 5.91 Å². The van der Waals surface area contributed by atoms with Gasteiger partial charge in [-0.15, -0.1) is 0 Å². The molecule has 2 aliphatic rings. The smallest absolute Gasteiger partial charge is 0.329 e. The summed E-state index contributed by atoms with van der Waals surface area (Å²) in [5, 5.41) is 11.9. The van der Waals surface area contributed by atoms with Crippen molar-refractivity contribution in [2.45, 2.75) is 37.3 Å². The Kier molecular flexibility index (Phi) is 3.63. The predicted octanol–water partition coefficient (Wildman–Crippen LogP) is -0.0846. The molecule has 0 aromatic carbocycles. The van der Waals surface area contributed by atoms with Gasteiger partial charge >= 0.3 is 5.97 Å². The number of carboxylic acid groups (broad SMARTS) is 1. The molecule has 6 nitrogen and oxygen atoms in total. The first-order valence-electron chi connectivity index (χ1n) is 5.89. The van der Waals surface area contributed by atoms with Gasteiger partial charge in [-0.3, -0.25) is 4.79 Å². The summed E-state index contributed by atoms with van der Waals surface area (Å²) in [5.41, 5.74) is -1.18. The van der Waals surface area contributed by atoms with Gasteiger partial charge in [-0.1, -0.05) is 0 Å². The topological polar surface area (TPSA) is 84.9 Å². The Labute approximate surface area is 99.3 Å². The van der Waals surface area contributed by atoms with E-state index in [9.17, 15) is 14.7 Å². The first-order valence-corrected chi connectivity index (χ1v) is 5.89. The van der Waals surface area contributed by atoms with Gasteiger partial charge in [0.15, 0.2) is 0 Å². The number of carbonyl (C=O) groups is 2. The SMILES string of the molecule is O=C(NC1(C(=O)O)CCOCC1)[C@@H]1CCCO1. The van der Waals surface area contributed by atoms with Crippen LogP contribution in [0.25, 0.3) is 0 Å². The summed E-state index contributed by atoms with van der Waals surface area (Å²) in [4.78, 5) is 23.2. The number of hydrogen-bond acceptors (Lipinski definition) is 4. The van der Waals surface area contributed by atoms with Gasteiger partial charge in [0.05, 0.1) is 0 Å². The molecule has 0 unspecified atom stereocenters. The normalized spacial score (nSPS) is 27.6. The first-order chi connectivity index (χ1) is 8.14. The quantitative estimate of drug-likeness (QED) is 0.724. The molecule has 2 aliphatic heterocycles. The van der Waals surface area contributed by atoms with Crippen molar-refractivity contribution in [3.05, 3.63) is 0 Å². The molecule has 2 N–H and O–H groups in total. The van der Waals surface area contributed by atoms with E-state index in [1.165, 1.54) is 0 Å². The standard InChI is InChI=1S/C11H17NO5/c13-9(8-2-1-5-17-8)12-11(10(14)15)3-6-16-7-4-11/h8H,1-7H2,(H,12,13)(H,14,15)/t8-/m0/s1. The zero-order valence-corrected chi connectivity index (χ0v) is 9.61. The van der Waals surface area contributed by atoms with Crippen LogP contribution < -0.4 is 5.32 Å². The average Bonchev–Trinajstić information content (AvgIpc) is 2.83. The first kappa shape index (κ1) is 12.3. The Morgan fingerprint density at radius 1 is 1.24 bits per heavy atom. The third-order valence-electron chi connectivity index (χ3n) is 3.34. The van der Waals surface area contributed by atoms with Gasteiger partial charge in [0.1, 0.15) is 11.6 Å². The van der Waals surface area contributed by atoms with Crippen LogP contribution in [0.3, 0.4) is 0 Å². The van der Waals surface area contributed by atoms with Gasteiger partial charge in [-0.2, -0.15) is 0 Å². The zero-order chi connectivity index (χ0) is 12.3. The molecule has 1 atom stereocenters. The van der Waals surface area contributed by atoms with Crippen LogP contribution in [0.15, 0.2) is 0 Å². The molecule has 0 spiro atoms. The monoisotopic (exact) mass is 243 g/mol. The highest BCUT2D eigenvalue weighted by Crippen LogP contribution is 2.22. The van der Waals surface area contributed by atoms with Crippen LogP contribution in [0, 0.1) is 0 Å². The zero-order valence-electron chi connectivity index (χ0n) is 9.61. The number of rotatable bonds is 3. The maximum absolute atomic E-state index is 11.9. The van der Waals surface area contributed by atoms with Crippen molar-refractivity contribution < 1.29 is 24.2 Å². The summed E-state index contributed by atoms with van der Waals surface area (Å²) in [5.74, 6) is -1.31. The molecule has 0 aromatic rings. The number of amides is 1. The van der Waals surface area contributed by atoms with E-state index in [-0.39, 0.29) is 5.91 Å². The van der Waals surface area contributed by atoms with Gasteiger partial charge < -0.3 is 19.9 Å². The third kappa shape index (κ3) is 2.58. The summed E-state index contributed by atoms with van der Waals surface area (Å²) in [6.45, 7) is 1.29. The van der Waals surface area contributed by atoms with E-state index >= 15 is 0 Å². The predicted molar refractivity (Wildman–Crippen MR) is 57.5 cm³/mol. The number of carboxylic acids is 1. The second-order valence-corrected chi connectivity index (χ2v) is 4.49. The third-order valence-corrected chi connectivity index (χ3v) is 3.34. The van der Waals surface area contributed by atoms with Crippen LogP contribution in [0.2, 0.25) is 0 Å². The molecule has 0 saturated carbocycles. The van der Waals surface area contributed by atoms with Crippen molar-refractivity contribution >= 4 is 11.9 Å². The molecule has 0 aliphatic carbocycles. The van der Waals surface area contributed by atoms with Crippen molar-refractivity contribution in [2.75, 3.05) is 19.8 Å². The van der Waals surface area contributed by atoms with Crippen molar-refractivity contribution in [3.8, 4) is 0 Å². The minimum atomic E-state index is -1.18. The van der Waals surface area contributed by atoms with E-state index in [1.54, 1.807) is 0 Å². The molecule has 96 valence electrons. The Balaban J connectivity index is 2.01. The summed E-state index contributed by atoms with van der Waals surface area (Å²) in [6.07, 6.45) is 1.63. The van der Waals surface area contributed by atoms with E-state index in [4.69, 9.17) is 9.47 Å². The minimum absolute atomic E-state index is 0.306. The molecular weight excluding hydrogens is 226 g/mol. The fourth-order valence-electron chi connectivity index (χ4n) is 2.21. The van der Waals surface area contributed by atoms with Crippen molar-refractivity contribution in [1.82, 2.24) is 5.32 Å². The molecule has 2 saturated heterocycles. The highest BCUT2D eigenvalue weighted by Gasteiger charge is 2.43. The van der Waals surface area contributed by atoms with Crippen LogP contribution in [-0.4, -0.2) is 48.4 Å². The maximum Gasteiger partial charge on any atom is 0.329 e. The summed E-state index contributed by atoms with van der Waals surface area (Å²) in [7, 11) is 0. The molecule has 0 bridgehead atoms. The second-order valence-electron chi connectivity index (χ2n) is 4.49. The van der Waals surface area contributed by atoms with E-state index < -0.39 is 17.6 Å². The highest BCUT2D eigenvalue weighted by atomic mass is 16.5. The van der Waals surface area contributed by atoms with Crippen molar-refractivity contribution in [1.29, 1.82) is 0 Å². The van der Waals surface area contributed by atoms with Crippen LogP contribution in [-0.2, 0) is 19.1 Å². The van der Waals surface area contributed by atoms with Gasteiger partial charge in [-0.05, 0) is 12.8 Å². The Morgan fingerprint density at radius 3 is 2.47 bits per heavy atom. The Hall–Kier alpha value is -1.14. The number of ether oxygens (including phenoxy) is 2. The van der Waals surface area contributed by atoms with Gasteiger partial charge in [0, 0.05) is 32.7 Å². The number of aliphatic carboxylic acids is 1. The second kappa shape index (κ2) is 5.01. The molecule has 0 aromatic heterocycles. The van der Waals surface area contributed by atoms with Gasteiger partial charge in [0.25, 0.3) is 0 Å². The lowest BCUT2D eigenvalue weighted by Crippen LogP contribution is -2.59. The molecule has 2 fully saturated rings. The average molecular weight is 243 g/mol. The van der Waals surface area contributed by atoms with Crippen molar-refractivity contribution in [2.24, 2.45) is 0 Å². The Morgan fingerprint density at radius 2 is 1.94 bits per heavy atom. The van der Waals surface area contributed by atoms with E-state index in [0.29, 0.717) is 39.1 Å². The van der Waals surface area contributed by atoms with Crippen LogP contribution in [0.5, 0.6) is 0 Å². The largest absolute Gasteiger partial charge is 0.480 e. The molecule has 2 heterocycles. The van der Waals surface area contributed by atoms with Crippen molar-refractivity contribution in [3.63, 3.8) is 0 Å². The lowest BCUT2D eigenvalue weighted by molar-refractivity contribution is -0.153. The lowest BCUT2D eigenvalue weighted by atomic mass is 9.89. The van der Waals surface area contributed by atoms with Gasteiger partial charge in [-0.25, -0.2) is 4.79 Å². The maximum atomic E-state index is 11.9. The summed E-state index contributed by atoms with van der Waals surface area (Å²) < 4.78 is 10.4. The molecule has 2 rings (SSSR count). The number of carbonyl (C=O) groups excluding carboxylic acids is 1. The van der Waals surface area contributed by atoms with E-state index in [0.717, 1.165) is 6.42 Å². The molecule has 6 heteroatoms. The molecule has 1 amide bonds. The van der Waals surface area contributed by atoms with Crippen LogP contribution >= 0.6 is 0 Å². The highest BCUT2D eigenvalue weighted by molar-refractivity contribution is 5.89. The summed E-state index contributed by atoms with van der Waals surface area (Å²) >= 11 is 0. The van der Waals surface area contributed by atoms with Crippen LogP contribution in [0.4, 0.5) is 0 Å². The van der Waals surface area contributed by atoms with E-state index in [2.05, 4.69) is 5.32 Å². The number of nitrogens with one attached hydrogen (secondary N) is 1. The summed E-state index contributed by atoms with van der Waals surface area (Å²) in [6, 6.07) is 0. The fourth-order valence-corrected chi connectivity index (χ4v) is 2.21. The lowest BCUT2D eigenvalue weighted by Gasteiger charge is -2.34.